The molecule has 1 unspecified atom stereocenters. The summed E-state index contributed by atoms with van der Waals surface area (Å²) in [7, 11) is 0. The van der Waals surface area contributed by atoms with Gasteiger partial charge in [0.2, 0.25) is 0 Å². The predicted molar refractivity (Wildman–Crippen MR) is 49.5 cm³/mol. The molecule has 0 N–H and O–H groups in total. The molecule has 64 valence electrons. The van der Waals surface area contributed by atoms with Gasteiger partial charge in [0.1, 0.15) is 0 Å². The van der Waals surface area contributed by atoms with Gasteiger partial charge in [0.15, 0.2) is 0 Å². The third kappa shape index (κ3) is 1.42. The van der Waals surface area contributed by atoms with Crippen molar-refractivity contribution in [3.05, 3.63) is 24.8 Å². The molecule has 0 saturated heterocycles. The Bertz CT molecular complexity index is 272. The van der Waals surface area contributed by atoms with E-state index in [2.05, 4.69) is 22.6 Å². The van der Waals surface area contributed by atoms with Crippen LogP contribution in [0.15, 0.2) is 24.8 Å². The van der Waals surface area contributed by atoms with Crippen molar-refractivity contribution in [1.82, 2.24) is 9.55 Å². The van der Waals surface area contributed by atoms with Crippen molar-refractivity contribution in [2.24, 2.45) is 5.92 Å². The van der Waals surface area contributed by atoms with Gasteiger partial charge in [-0.05, 0) is 25.2 Å². The summed E-state index contributed by atoms with van der Waals surface area (Å²) in [6.45, 7) is 2.31. The molecular formula is C10H14N2. The molecule has 12 heavy (non-hydrogen) atoms. The lowest BCUT2D eigenvalue weighted by atomic mass is 9.94. The third-order valence-corrected chi connectivity index (χ3v) is 2.49. The molecule has 0 aliphatic heterocycles. The Morgan fingerprint density at radius 1 is 1.58 bits per heavy atom. The van der Waals surface area contributed by atoms with Gasteiger partial charge in [-0.15, -0.1) is 0 Å². The molecule has 1 heterocycles. The van der Waals surface area contributed by atoms with E-state index >= 15 is 0 Å². The van der Waals surface area contributed by atoms with Gasteiger partial charge in [-0.2, -0.15) is 0 Å². The average Bonchev–Trinajstić information content (AvgIpc) is 2.58. The van der Waals surface area contributed by atoms with E-state index < -0.39 is 0 Å². The highest BCUT2D eigenvalue weighted by atomic mass is 15.0. The first kappa shape index (κ1) is 7.59. The number of hydrogen-bond donors (Lipinski definition) is 0. The molecular weight excluding hydrogens is 148 g/mol. The Morgan fingerprint density at radius 2 is 2.50 bits per heavy atom. The van der Waals surface area contributed by atoms with Crippen LogP contribution < -0.4 is 0 Å². The summed E-state index contributed by atoms with van der Waals surface area (Å²) in [4.78, 5) is 4.04. The SMILES string of the molecule is CC1CC=C(n2ccnc2)CC1. The fourth-order valence-electron chi connectivity index (χ4n) is 1.61. The maximum absolute atomic E-state index is 4.04. The maximum Gasteiger partial charge on any atom is 0.0989 e. The number of hydrogen-bond acceptors (Lipinski definition) is 1. The summed E-state index contributed by atoms with van der Waals surface area (Å²) in [5, 5.41) is 0. The third-order valence-electron chi connectivity index (χ3n) is 2.49. The predicted octanol–water partition coefficient (Wildman–Crippen LogP) is 2.54. The Hall–Kier alpha value is -1.05. The first-order valence-corrected chi connectivity index (χ1v) is 4.53. The second kappa shape index (κ2) is 3.13. The quantitative estimate of drug-likeness (QED) is 0.620. The van der Waals surface area contributed by atoms with E-state index in [1.54, 1.807) is 0 Å². The molecule has 1 aromatic heterocycles. The van der Waals surface area contributed by atoms with E-state index in [1.807, 2.05) is 18.7 Å². The highest BCUT2D eigenvalue weighted by Crippen LogP contribution is 2.25. The zero-order valence-electron chi connectivity index (χ0n) is 7.40. The van der Waals surface area contributed by atoms with Crippen molar-refractivity contribution in [2.75, 3.05) is 0 Å². The minimum absolute atomic E-state index is 0.859. The monoisotopic (exact) mass is 162 g/mol. The van der Waals surface area contributed by atoms with Crippen molar-refractivity contribution < 1.29 is 0 Å². The molecule has 0 saturated carbocycles. The first-order chi connectivity index (χ1) is 5.86. The van der Waals surface area contributed by atoms with E-state index in [0.717, 1.165) is 5.92 Å². The lowest BCUT2D eigenvalue weighted by Gasteiger charge is -2.18. The number of nitrogens with zero attached hydrogens (tertiary/aromatic N) is 2. The van der Waals surface area contributed by atoms with E-state index in [0.29, 0.717) is 0 Å². The normalized spacial score (nSPS) is 23.8. The van der Waals surface area contributed by atoms with E-state index in [1.165, 1.54) is 25.0 Å². The van der Waals surface area contributed by atoms with Crippen LogP contribution in [0, 0.1) is 5.92 Å². The molecule has 2 rings (SSSR count). The number of allylic oxidation sites excluding steroid dienone is 2. The van der Waals surface area contributed by atoms with Crippen molar-refractivity contribution in [1.29, 1.82) is 0 Å². The molecule has 0 bridgehead atoms. The topological polar surface area (TPSA) is 17.8 Å². The molecule has 0 fully saturated rings. The fourth-order valence-corrected chi connectivity index (χ4v) is 1.61. The zero-order chi connectivity index (χ0) is 8.39. The summed E-state index contributed by atoms with van der Waals surface area (Å²) < 4.78 is 2.12. The molecule has 1 aliphatic rings. The Labute approximate surface area is 72.9 Å². The summed E-state index contributed by atoms with van der Waals surface area (Å²) in [6.07, 6.45) is 11.8. The Morgan fingerprint density at radius 3 is 3.08 bits per heavy atom. The van der Waals surface area contributed by atoms with Crippen LogP contribution >= 0.6 is 0 Å². The van der Waals surface area contributed by atoms with Crippen LogP contribution in [-0.4, -0.2) is 9.55 Å². The number of rotatable bonds is 1. The second-order valence-electron chi connectivity index (χ2n) is 3.54. The molecule has 2 nitrogen and oxygen atoms in total. The van der Waals surface area contributed by atoms with Gasteiger partial charge < -0.3 is 4.57 Å². The molecule has 0 amide bonds. The second-order valence-corrected chi connectivity index (χ2v) is 3.54. The molecule has 1 atom stereocenters. The minimum atomic E-state index is 0.859. The summed E-state index contributed by atoms with van der Waals surface area (Å²) >= 11 is 0. The molecule has 0 spiro atoms. The minimum Gasteiger partial charge on any atom is -0.310 e. The van der Waals surface area contributed by atoms with Crippen LogP contribution in [0.1, 0.15) is 26.2 Å². The van der Waals surface area contributed by atoms with Gasteiger partial charge in [0, 0.05) is 18.1 Å². The molecule has 2 heteroatoms. The molecule has 0 aromatic carbocycles. The number of aromatic nitrogens is 2. The zero-order valence-corrected chi connectivity index (χ0v) is 7.40. The lowest BCUT2D eigenvalue weighted by molar-refractivity contribution is 0.525. The van der Waals surface area contributed by atoms with Gasteiger partial charge in [-0.1, -0.05) is 13.0 Å². The first-order valence-electron chi connectivity index (χ1n) is 4.53. The lowest BCUT2D eigenvalue weighted by Crippen LogP contribution is -2.04. The maximum atomic E-state index is 4.04. The standard InChI is InChI=1S/C10H14N2/c1-9-2-4-10(5-3-9)12-7-6-11-8-12/h4,6-9H,2-3,5H2,1H3. The van der Waals surface area contributed by atoms with Crippen LogP contribution in [-0.2, 0) is 0 Å². The van der Waals surface area contributed by atoms with Gasteiger partial charge >= 0.3 is 0 Å². The molecule has 1 aromatic rings. The van der Waals surface area contributed by atoms with Crippen LogP contribution in [0.25, 0.3) is 5.70 Å². The van der Waals surface area contributed by atoms with Crippen molar-refractivity contribution in [3.63, 3.8) is 0 Å². The van der Waals surface area contributed by atoms with Crippen LogP contribution in [0.2, 0.25) is 0 Å². The molecule has 1 aliphatic carbocycles. The number of imidazole rings is 1. The van der Waals surface area contributed by atoms with Gasteiger partial charge in [-0.3, -0.25) is 0 Å². The smallest absolute Gasteiger partial charge is 0.0989 e. The van der Waals surface area contributed by atoms with Crippen LogP contribution in [0.5, 0.6) is 0 Å². The fraction of sp³-hybridized carbons (Fsp3) is 0.500. The highest BCUT2D eigenvalue weighted by molar-refractivity contribution is 5.45. The van der Waals surface area contributed by atoms with Crippen LogP contribution in [0.3, 0.4) is 0 Å². The Balaban J connectivity index is 2.16. The highest BCUT2D eigenvalue weighted by Gasteiger charge is 2.10. The van der Waals surface area contributed by atoms with Crippen molar-refractivity contribution in [3.8, 4) is 0 Å². The molecule has 0 radical (unpaired) electrons. The van der Waals surface area contributed by atoms with E-state index in [9.17, 15) is 0 Å². The summed E-state index contributed by atoms with van der Waals surface area (Å²) in [6, 6.07) is 0. The van der Waals surface area contributed by atoms with E-state index in [4.69, 9.17) is 0 Å². The van der Waals surface area contributed by atoms with Crippen molar-refractivity contribution in [2.45, 2.75) is 26.2 Å². The van der Waals surface area contributed by atoms with Crippen molar-refractivity contribution >= 4 is 5.70 Å². The largest absolute Gasteiger partial charge is 0.310 e. The van der Waals surface area contributed by atoms with Gasteiger partial charge in [0.05, 0.1) is 6.33 Å². The van der Waals surface area contributed by atoms with Crippen LogP contribution in [0.4, 0.5) is 0 Å². The van der Waals surface area contributed by atoms with E-state index in [-0.39, 0.29) is 0 Å². The van der Waals surface area contributed by atoms with Gasteiger partial charge in [-0.25, -0.2) is 4.98 Å². The summed E-state index contributed by atoms with van der Waals surface area (Å²) in [5.41, 5.74) is 1.41. The van der Waals surface area contributed by atoms with Gasteiger partial charge in [0.25, 0.3) is 0 Å². The summed E-state index contributed by atoms with van der Waals surface area (Å²) in [5.74, 6) is 0.859. The average molecular weight is 162 g/mol. The Kier molecular flexibility index (Phi) is 1.98.